The topological polar surface area (TPSA) is 40.5 Å². The fourth-order valence-electron chi connectivity index (χ4n) is 1.57. The highest BCUT2D eigenvalue weighted by Crippen LogP contribution is 2.23. The van der Waals surface area contributed by atoms with Crippen molar-refractivity contribution in [1.29, 1.82) is 0 Å². The van der Waals surface area contributed by atoms with Gasteiger partial charge in [0, 0.05) is 4.90 Å². The molecule has 1 atom stereocenters. The molecule has 0 heterocycles. The highest BCUT2D eigenvalue weighted by molar-refractivity contribution is 7.99. The summed E-state index contributed by atoms with van der Waals surface area (Å²) in [4.78, 5) is 14.0. The van der Waals surface area contributed by atoms with Gasteiger partial charge in [0.15, 0.2) is 0 Å². The van der Waals surface area contributed by atoms with Crippen LogP contribution in [0, 0.1) is 0 Å². The van der Waals surface area contributed by atoms with E-state index in [9.17, 15) is 4.79 Å². The smallest absolute Gasteiger partial charge is 0.325 e. The normalized spacial score (nSPS) is 12.8. The molecule has 0 saturated carbocycles. The third-order valence-electron chi connectivity index (χ3n) is 2.26. The van der Waals surface area contributed by atoms with Crippen molar-refractivity contribution in [2.45, 2.75) is 17.9 Å². The van der Waals surface area contributed by atoms with Crippen LogP contribution in [-0.2, 0) is 4.79 Å². The van der Waals surface area contributed by atoms with Gasteiger partial charge in [-0.05, 0) is 37.5 Å². The van der Waals surface area contributed by atoms with E-state index in [2.05, 4.69) is 6.92 Å². The molecule has 1 unspecified atom stereocenters. The number of nitrogens with zero attached hydrogens (tertiary/aromatic N) is 1. The van der Waals surface area contributed by atoms with E-state index in [1.807, 2.05) is 24.3 Å². The minimum atomic E-state index is -0.819. The number of benzene rings is 1. The summed E-state index contributed by atoms with van der Waals surface area (Å²) in [5.74, 6) is 0.205. The predicted molar refractivity (Wildman–Crippen MR) is 66.9 cm³/mol. The van der Waals surface area contributed by atoms with Gasteiger partial charge in [-0.2, -0.15) is 0 Å². The number of hydrogen-bond donors (Lipinski definition) is 1. The maximum Gasteiger partial charge on any atom is 0.325 e. The van der Waals surface area contributed by atoms with Crippen LogP contribution in [0.1, 0.15) is 18.5 Å². The maximum atomic E-state index is 11.1. The lowest BCUT2D eigenvalue weighted by molar-refractivity contribution is -0.142. The lowest BCUT2D eigenvalue weighted by atomic mass is 10.1. The number of aliphatic carboxylic acids is 1. The molecule has 16 heavy (non-hydrogen) atoms. The Labute approximate surface area is 100 Å². The van der Waals surface area contributed by atoms with Crippen LogP contribution in [0.3, 0.4) is 0 Å². The van der Waals surface area contributed by atoms with E-state index in [4.69, 9.17) is 5.11 Å². The summed E-state index contributed by atoms with van der Waals surface area (Å²) in [6, 6.07) is 7.15. The van der Waals surface area contributed by atoms with Crippen molar-refractivity contribution < 1.29 is 9.90 Å². The Morgan fingerprint density at radius 3 is 2.31 bits per heavy atom. The van der Waals surface area contributed by atoms with Gasteiger partial charge in [0.1, 0.15) is 6.04 Å². The van der Waals surface area contributed by atoms with Crippen LogP contribution in [-0.4, -0.2) is 35.8 Å². The van der Waals surface area contributed by atoms with Crippen LogP contribution in [0.15, 0.2) is 29.2 Å². The zero-order valence-electron chi connectivity index (χ0n) is 9.80. The van der Waals surface area contributed by atoms with E-state index in [1.54, 1.807) is 30.8 Å². The zero-order valence-corrected chi connectivity index (χ0v) is 10.6. The van der Waals surface area contributed by atoms with Crippen LogP contribution < -0.4 is 0 Å². The van der Waals surface area contributed by atoms with E-state index < -0.39 is 12.0 Å². The Morgan fingerprint density at radius 1 is 1.38 bits per heavy atom. The molecule has 3 nitrogen and oxygen atoms in total. The third kappa shape index (κ3) is 3.25. The molecule has 0 aliphatic heterocycles. The number of carboxylic acids is 1. The standard InChI is InChI=1S/C12H17NO2S/c1-4-16-10-7-5-9(6-8-10)11(12(14)15)13(2)3/h5-8,11H,4H2,1-3H3,(H,14,15). The summed E-state index contributed by atoms with van der Waals surface area (Å²) in [5.41, 5.74) is 0.818. The van der Waals surface area contributed by atoms with Gasteiger partial charge in [0.25, 0.3) is 0 Å². The molecule has 0 aliphatic carbocycles. The van der Waals surface area contributed by atoms with E-state index in [0.29, 0.717) is 0 Å². The highest BCUT2D eigenvalue weighted by atomic mass is 32.2. The van der Waals surface area contributed by atoms with E-state index in [-0.39, 0.29) is 0 Å². The summed E-state index contributed by atoms with van der Waals surface area (Å²) in [5, 5.41) is 9.12. The monoisotopic (exact) mass is 239 g/mol. The Morgan fingerprint density at radius 2 is 1.94 bits per heavy atom. The van der Waals surface area contributed by atoms with Crippen molar-refractivity contribution >= 4 is 17.7 Å². The van der Waals surface area contributed by atoms with Crippen molar-refractivity contribution in [3.63, 3.8) is 0 Å². The van der Waals surface area contributed by atoms with Crippen molar-refractivity contribution in [3.05, 3.63) is 29.8 Å². The molecule has 0 aromatic heterocycles. The lowest BCUT2D eigenvalue weighted by Gasteiger charge is -2.20. The SMILES string of the molecule is CCSc1ccc(C(C(=O)O)N(C)C)cc1. The first-order valence-electron chi connectivity index (χ1n) is 5.18. The van der Waals surface area contributed by atoms with E-state index in [1.165, 1.54) is 4.90 Å². The Balaban J connectivity index is 2.90. The molecule has 0 fully saturated rings. The van der Waals surface area contributed by atoms with Crippen molar-refractivity contribution in [2.24, 2.45) is 0 Å². The second-order valence-corrected chi connectivity index (χ2v) is 5.04. The van der Waals surface area contributed by atoms with Crippen LogP contribution >= 0.6 is 11.8 Å². The van der Waals surface area contributed by atoms with Crippen LogP contribution in [0.25, 0.3) is 0 Å². The average molecular weight is 239 g/mol. The van der Waals surface area contributed by atoms with Gasteiger partial charge >= 0.3 is 5.97 Å². The summed E-state index contributed by atoms with van der Waals surface area (Å²) in [7, 11) is 3.54. The summed E-state index contributed by atoms with van der Waals surface area (Å²) in [6.45, 7) is 2.10. The van der Waals surface area contributed by atoms with Crippen molar-refractivity contribution in [2.75, 3.05) is 19.8 Å². The first-order chi connectivity index (χ1) is 7.56. The Kier molecular flexibility index (Phi) is 4.83. The molecule has 1 rings (SSSR count). The van der Waals surface area contributed by atoms with Gasteiger partial charge in [0.2, 0.25) is 0 Å². The predicted octanol–water partition coefficient (Wildman–Crippen LogP) is 2.49. The average Bonchev–Trinajstić information content (AvgIpc) is 2.20. The molecule has 88 valence electrons. The number of thioether (sulfide) groups is 1. The third-order valence-corrected chi connectivity index (χ3v) is 3.15. The van der Waals surface area contributed by atoms with E-state index >= 15 is 0 Å². The van der Waals surface area contributed by atoms with Gasteiger partial charge in [-0.3, -0.25) is 9.69 Å². The fraction of sp³-hybridized carbons (Fsp3) is 0.417. The molecule has 0 bridgehead atoms. The molecule has 1 N–H and O–H groups in total. The molecule has 0 spiro atoms. The molecule has 1 aromatic carbocycles. The molecule has 0 amide bonds. The van der Waals surface area contributed by atoms with Gasteiger partial charge in [-0.25, -0.2) is 0 Å². The van der Waals surface area contributed by atoms with Gasteiger partial charge in [0.05, 0.1) is 0 Å². The summed E-state index contributed by atoms with van der Waals surface area (Å²) >= 11 is 1.75. The Hall–Kier alpha value is -1.00. The Bertz CT molecular complexity index is 349. The molecular weight excluding hydrogens is 222 g/mol. The van der Waals surface area contributed by atoms with Gasteiger partial charge < -0.3 is 5.11 Å². The van der Waals surface area contributed by atoms with Crippen molar-refractivity contribution in [1.82, 2.24) is 4.90 Å². The second-order valence-electron chi connectivity index (χ2n) is 3.71. The zero-order chi connectivity index (χ0) is 12.1. The van der Waals surface area contributed by atoms with E-state index in [0.717, 1.165) is 11.3 Å². The molecule has 4 heteroatoms. The molecule has 1 aromatic rings. The van der Waals surface area contributed by atoms with Gasteiger partial charge in [-0.15, -0.1) is 11.8 Å². The first kappa shape index (κ1) is 13.1. The maximum absolute atomic E-state index is 11.1. The number of hydrogen-bond acceptors (Lipinski definition) is 3. The summed E-state index contributed by atoms with van der Waals surface area (Å²) in [6.07, 6.45) is 0. The quantitative estimate of drug-likeness (QED) is 0.801. The van der Waals surface area contributed by atoms with Crippen LogP contribution in [0.5, 0.6) is 0 Å². The van der Waals surface area contributed by atoms with Crippen LogP contribution in [0.2, 0.25) is 0 Å². The minimum Gasteiger partial charge on any atom is -0.480 e. The first-order valence-corrected chi connectivity index (χ1v) is 6.16. The highest BCUT2D eigenvalue weighted by Gasteiger charge is 2.21. The molecular formula is C12H17NO2S. The fourth-order valence-corrected chi connectivity index (χ4v) is 2.24. The molecule has 0 radical (unpaired) electrons. The second kappa shape index (κ2) is 5.92. The number of rotatable bonds is 5. The number of carboxylic acid groups (broad SMARTS) is 1. The number of likely N-dealkylation sites (N-methyl/N-ethyl adjacent to an activating group) is 1. The largest absolute Gasteiger partial charge is 0.480 e. The molecule has 0 saturated heterocycles. The van der Waals surface area contributed by atoms with Crippen LogP contribution in [0.4, 0.5) is 0 Å². The number of carbonyl (C=O) groups is 1. The summed E-state index contributed by atoms with van der Waals surface area (Å²) < 4.78 is 0. The van der Waals surface area contributed by atoms with Gasteiger partial charge in [-0.1, -0.05) is 19.1 Å². The van der Waals surface area contributed by atoms with Crippen molar-refractivity contribution in [3.8, 4) is 0 Å². The lowest BCUT2D eigenvalue weighted by Crippen LogP contribution is -2.27. The minimum absolute atomic E-state index is 0.569. The molecule has 0 aliphatic rings.